The second kappa shape index (κ2) is 15.9. The highest BCUT2D eigenvalue weighted by Gasteiger charge is 2.33. The van der Waals surface area contributed by atoms with Crippen molar-refractivity contribution in [2.24, 2.45) is 15.0 Å². The third kappa shape index (κ3) is 10.4. The lowest BCUT2D eigenvalue weighted by Gasteiger charge is -2.28. The maximum atomic E-state index is 12.8. The molecular formula is C29H35N5O9S. The van der Waals surface area contributed by atoms with Gasteiger partial charge in [-0.05, 0) is 59.8 Å². The normalized spacial score (nSPS) is 15.5. The first-order valence-electron chi connectivity index (χ1n) is 13.1. The number of nitrogens with zero attached hydrogens (tertiary/aromatic N) is 3. The SMILES string of the molecule is C=N/C=C\C=NCC1N=C(OCC(O)(O)OO)C(Oc2ccccc2OC)=C(NOC(=O)Sc2ccc(C(C)(C)C)cc2)N1. The Morgan fingerprint density at radius 1 is 1.16 bits per heavy atom. The van der Waals surface area contributed by atoms with Crippen molar-refractivity contribution in [2.45, 2.75) is 43.2 Å². The minimum absolute atomic E-state index is 0.0205. The number of benzene rings is 2. The second-order valence-corrected chi connectivity index (χ2v) is 11.1. The van der Waals surface area contributed by atoms with Gasteiger partial charge in [0.2, 0.25) is 5.76 Å². The van der Waals surface area contributed by atoms with Crippen LogP contribution in [0.1, 0.15) is 26.3 Å². The van der Waals surface area contributed by atoms with Crippen LogP contribution in [0.3, 0.4) is 0 Å². The zero-order chi connectivity index (χ0) is 32.2. The molecular weight excluding hydrogens is 594 g/mol. The summed E-state index contributed by atoms with van der Waals surface area (Å²) in [6.45, 7) is 8.68. The van der Waals surface area contributed by atoms with Crippen molar-refractivity contribution in [1.82, 2.24) is 10.8 Å². The van der Waals surface area contributed by atoms with Crippen LogP contribution in [0, 0.1) is 0 Å². The van der Waals surface area contributed by atoms with Gasteiger partial charge in [0.25, 0.3) is 5.90 Å². The minimum atomic E-state index is -3.07. The molecule has 0 amide bonds. The molecule has 236 valence electrons. The van der Waals surface area contributed by atoms with E-state index in [1.54, 1.807) is 30.3 Å². The van der Waals surface area contributed by atoms with Crippen molar-refractivity contribution in [2.75, 3.05) is 20.3 Å². The summed E-state index contributed by atoms with van der Waals surface area (Å²) in [7, 11) is 1.45. The van der Waals surface area contributed by atoms with Crippen molar-refractivity contribution < 1.29 is 44.2 Å². The van der Waals surface area contributed by atoms with Gasteiger partial charge in [-0.25, -0.2) is 15.0 Å². The molecule has 0 aliphatic carbocycles. The Bertz CT molecular complexity index is 1400. The van der Waals surface area contributed by atoms with E-state index < -0.39 is 24.0 Å². The molecule has 1 aliphatic heterocycles. The summed E-state index contributed by atoms with van der Waals surface area (Å²) < 4.78 is 16.9. The fourth-order valence-electron chi connectivity index (χ4n) is 3.49. The predicted octanol–water partition coefficient (Wildman–Crippen LogP) is 3.73. The van der Waals surface area contributed by atoms with Gasteiger partial charge < -0.3 is 34.6 Å². The lowest BCUT2D eigenvalue weighted by atomic mass is 9.87. The third-order valence-electron chi connectivity index (χ3n) is 5.65. The summed E-state index contributed by atoms with van der Waals surface area (Å²) in [5.41, 5.74) is 3.61. The Hall–Kier alpha value is -4.41. The molecule has 0 spiro atoms. The quantitative estimate of drug-likeness (QED) is 0.0712. The number of aliphatic imine (C=N–C) groups is 3. The van der Waals surface area contributed by atoms with Crippen molar-refractivity contribution in [1.29, 1.82) is 0 Å². The first kappa shape index (κ1) is 34.1. The summed E-state index contributed by atoms with van der Waals surface area (Å²) in [5, 5.41) is 30.6. The first-order valence-corrected chi connectivity index (χ1v) is 13.9. The molecule has 2 aromatic rings. The molecule has 3 rings (SSSR count). The summed E-state index contributed by atoms with van der Waals surface area (Å²) in [4.78, 5) is 34.6. The zero-order valence-corrected chi connectivity index (χ0v) is 25.4. The van der Waals surface area contributed by atoms with E-state index in [2.05, 4.69) is 58.2 Å². The number of thioether (sulfide) groups is 1. The summed E-state index contributed by atoms with van der Waals surface area (Å²) >= 11 is 0.851. The number of nitrogens with one attached hydrogen (secondary N) is 2. The van der Waals surface area contributed by atoms with Gasteiger partial charge in [-0.3, -0.25) is 9.98 Å². The van der Waals surface area contributed by atoms with Gasteiger partial charge in [0.05, 0.1) is 13.7 Å². The smallest absolute Gasteiger partial charge is 0.396 e. The van der Waals surface area contributed by atoms with Crippen LogP contribution in [-0.4, -0.2) is 72.0 Å². The van der Waals surface area contributed by atoms with E-state index in [4.69, 9.17) is 24.3 Å². The molecule has 0 saturated heterocycles. The van der Waals surface area contributed by atoms with Gasteiger partial charge >= 0.3 is 11.3 Å². The van der Waals surface area contributed by atoms with E-state index >= 15 is 0 Å². The van der Waals surface area contributed by atoms with Crippen LogP contribution in [0.25, 0.3) is 0 Å². The molecule has 0 radical (unpaired) electrons. The maximum Gasteiger partial charge on any atom is 0.396 e. The van der Waals surface area contributed by atoms with Crippen LogP contribution in [0.4, 0.5) is 4.79 Å². The van der Waals surface area contributed by atoms with Gasteiger partial charge in [0, 0.05) is 17.3 Å². The topological polar surface area (TPSA) is 185 Å². The first-order chi connectivity index (χ1) is 21.0. The lowest BCUT2D eigenvalue weighted by molar-refractivity contribution is -0.474. The number of carbonyl (C=O) groups is 1. The summed E-state index contributed by atoms with van der Waals surface area (Å²) in [5.74, 6) is -2.97. The number of rotatable bonds is 13. The molecule has 1 aliphatic rings. The lowest BCUT2D eigenvalue weighted by Crippen LogP contribution is -2.45. The molecule has 0 aromatic heterocycles. The van der Waals surface area contributed by atoms with Gasteiger partial charge in [0.15, 0.2) is 23.9 Å². The minimum Gasteiger partial charge on any atom is -0.493 e. The van der Waals surface area contributed by atoms with Crippen LogP contribution in [0.2, 0.25) is 0 Å². The van der Waals surface area contributed by atoms with Gasteiger partial charge in [-0.1, -0.05) is 45.0 Å². The number of hydrogen-bond acceptors (Lipinski definition) is 15. The van der Waals surface area contributed by atoms with Crippen LogP contribution < -0.4 is 20.3 Å². The highest BCUT2D eigenvalue weighted by Crippen LogP contribution is 2.30. The van der Waals surface area contributed by atoms with Crippen LogP contribution >= 0.6 is 11.8 Å². The molecule has 1 heterocycles. The van der Waals surface area contributed by atoms with Gasteiger partial charge in [-0.2, -0.15) is 10.4 Å². The number of ether oxygens (including phenoxy) is 3. The third-order valence-corrected chi connectivity index (χ3v) is 6.41. The standard InChI is InChI=1S/C29H35N5O9S/c1-28(2,3)19-11-13-20(14-12-19)44-27(35)42-34-25-24(41-22-10-7-6-9-21(22)39-5)26(40-18-29(36,37)43-38)33-23(32-25)17-31-16-8-15-30-4/h6-16,23,32,34,36-38H,4,17-18H2,1-3,5H3/b15-8-,31-16?. The molecule has 14 nitrogen and oxygen atoms in total. The number of carbonyl (C=O) groups excluding carboxylic acids is 1. The second-order valence-electron chi connectivity index (χ2n) is 10.0. The molecule has 0 bridgehead atoms. The van der Waals surface area contributed by atoms with Crippen LogP contribution in [0.5, 0.6) is 11.5 Å². The Balaban J connectivity index is 1.90. The van der Waals surface area contributed by atoms with E-state index in [-0.39, 0.29) is 35.2 Å². The van der Waals surface area contributed by atoms with Gasteiger partial charge in [-0.15, -0.1) is 0 Å². The van der Waals surface area contributed by atoms with Crippen molar-refractivity contribution in [3.8, 4) is 11.5 Å². The molecule has 0 saturated carbocycles. The maximum absolute atomic E-state index is 12.8. The van der Waals surface area contributed by atoms with Crippen LogP contribution in [-0.2, 0) is 19.9 Å². The number of methoxy groups -OCH3 is 1. The van der Waals surface area contributed by atoms with E-state index in [9.17, 15) is 15.0 Å². The number of para-hydroxylation sites is 2. The Labute approximate surface area is 258 Å². The number of allylic oxidation sites excluding steroid dienone is 1. The van der Waals surface area contributed by atoms with Crippen molar-refractivity contribution in [3.63, 3.8) is 0 Å². The Morgan fingerprint density at radius 3 is 2.50 bits per heavy atom. The highest BCUT2D eigenvalue weighted by molar-refractivity contribution is 8.13. The average Bonchev–Trinajstić information content (AvgIpc) is 3.00. The Kier molecular flexibility index (Phi) is 12.3. The number of hydroxylamine groups is 1. The zero-order valence-electron chi connectivity index (χ0n) is 24.6. The van der Waals surface area contributed by atoms with Gasteiger partial charge in [0.1, 0.15) is 6.17 Å². The molecule has 2 aromatic carbocycles. The fraction of sp³-hybridized carbons (Fsp3) is 0.310. The van der Waals surface area contributed by atoms with E-state index in [1.165, 1.54) is 19.5 Å². The summed E-state index contributed by atoms with van der Waals surface area (Å²) in [6, 6.07) is 14.2. The number of hydrogen-bond donors (Lipinski definition) is 5. The molecule has 5 N–H and O–H groups in total. The monoisotopic (exact) mass is 629 g/mol. The molecule has 15 heteroatoms. The van der Waals surface area contributed by atoms with Crippen LogP contribution in [0.15, 0.2) is 92.3 Å². The van der Waals surface area contributed by atoms with E-state index in [1.807, 2.05) is 24.3 Å². The molecule has 0 fully saturated rings. The van der Waals surface area contributed by atoms with E-state index in [0.29, 0.717) is 10.6 Å². The Morgan fingerprint density at radius 2 is 1.86 bits per heavy atom. The fourth-order valence-corrected chi connectivity index (χ4v) is 4.03. The summed E-state index contributed by atoms with van der Waals surface area (Å²) in [6.07, 6.45) is 3.64. The van der Waals surface area contributed by atoms with E-state index in [0.717, 1.165) is 17.3 Å². The predicted molar refractivity (Wildman–Crippen MR) is 165 cm³/mol. The highest BCUT2D eigenvalue weighted by atomic mass is 32.2. The molecule has 1 atom stereocenters. The molecule has 1 unspecified atom stereocenters. The average molecular weight is 630 g/mol. The number of aliphatic hydroxyl groups is 2. The van der Waals surface area contributed by atoms with Crippen molar-refractivity contribution >= 4 is 35.9 Å². The molecule has 44 heavy (non-hydrogen) atoms. The largest absolute Gasteiger partial charge is 0.493 e. The van der Waals surface area contributed by atoms with Crippen molar-refractivity contribution in [3.05, 3.63) is 78.0 Å².